The van der Waals surface area contributed by atoms with Crippen molar-refractivity contribution in [1.29, 1.82) is 0 Å². The third kappa shape index (κ3) is 4.47. The summed E-state index contributed by atoms with van der Waals surface area (Å²) < 4.78 is 0. The largest absolute Gasteiger partial charge is 0.394 e. The predicted octanol–water partition coefficient (Wildman–Crippen LogP) is 0.830. The van der Waals surface area contributed by atoms with Crippen molar-refractivity contribution < 1.29 is 19.5 Å². The number of likely N-dealkylation sites (tertiary alicyclic amines) is 2. The first-order valence-corrected chi connectivity index (χ1v) is 9.92. The molecule has 0 bridgehead atoms. The molecule has 2 N–H and O–H groups in total. The lowest BCUT2D eigenvalue weighted by atomic mass is 9.73. The van der Waals surface area contributed by atoms with Crippen LogP contribution in [0.4, 0.5) is 0 Å². The quantitative estimate of drug-likeness (QED) is 0.700. The Hall–Kier alpha value is -2.12. The van der Waals surface area contributed by atoms with Crippen LogP contribution in [0.3, 0.4) is 0 Å². The molecule has 0 aliphatic carbocycles. The van der Waals surface area contributed by atoms with Crippen molar-refractivity contribution in [1.82, 2.24) is 15.1 Å². The monoisotopic (exact) mass is 407 g/mol. The Kier molecular flexibility index (Phi) is 6.25. The van der Waals surface area contributed by atoms with E-state index in [2.05, 4.69) is 5.32 Å². The highest BCUT2D eigenvalue weighted by atomic mass is 35.5. The second-order valence-electron chi connectivity index (χ2n) is 7.81. The lowest BCUT2D eigenvalue weighted by Gasteiger charge is -2.49. The van der Waals surface area contributed by atoms with Crippen LogP contribution in [0.5, 0.6) is 0 Å². The zero-order valence-corrected chi connectivity index (χ0v) is 16.7. The standard InChI is InChI=1S/C20H26ClN3O4/c1-14(11-25)22-19(28)20(9-15-4-6-16(21)7-5-15)12-24(13-20)18(27)10-23-8-2-3-17(23)26/h4-7,14,25H,2-3,8-13H2,1H3,(H,22,28). The summed E-state index contributed by atoms with van der Waals surface area (Å²) in [5, 5.41) is 12.7. The molecule has 8 heteroatoms. The lowest BCUT2D eigenvalue weighted by molar-refractivity contribution is -0.156. The summed E-state index contributed by atoms with van der Waals surface area (Å²) in [5.41, 5.74) is 0.208. The van der Waals surface area contributed by atoms with Crippen LogP contribution in [0.15, 0.2) is 24.3 Å². The van der Waals surface area contributed by atoms with Crippen molar-refractivity contribution in [3.63, 3.8) is 0 Å². The van der Waals surface area contributed by atoms with E-state index in [-0.39, 0.29) is 36.9 Å². The molecule has 1 atom stereocenters. The third-order valence-corrected chi connectivity index (χ3v) is 5.68. The smallest absolute Gasteiger partial charge is 0.242 e. The van der Waals surface area contributed by atoms with Crippen LogP contribution in [-0.2, 0) is 20.8 Å². The molecule has 7 nitrogen and oxygen atoms in total. The molecule has 0 aromatic heterocycles. The minimum absolute atomic E-state index is 0.0100. The first-order chi connectivity index (χ1) is 13.3. The molecule has 0 saturated carbocycles. The van der Waals surface area contributed by atoms with E-state index in [0.717, 1.165) is 12.0 Å². The van der Waals surface area contributed by atoms with Crippen LogP contribution in [0, 0.1) is 5.41 Å². The normalized spacial score (nSPS) is 19.3. The van der Waals surface area contributed by atoms with Crippen molar-refractivity contribution >= 4 is 29.3 Å². The Balaban J connectivity index is 1.68. The number of nitrogens with one attached hydrogen (secondary N) is 1. The maximum atomic E-state index is 12.9. The van der Waals surface area contributed by atoms with Gasteiger partial charge in [-0.25, -0.2) is 0 Å². The predicted molar refractivity (Wildman–Crippen MR) is 105 cm³/mol. The third-order valence-electron chi connectivity index (χ3n) is 5.43. The van der Waals surface area contributed by atoms with Crippen LogP contribution < -0.4 is 5.32 Å². The number of aliphatic hydroxyl groups is 1. The Bertz CT molecular complexity index is 746. The average Bonchev–Trinajstić information content (AvgIpc) is 3.03. The van der Waals surface area contributed by atoms with Gasteiger partial charge in [0.25, 0.3) is 0 Å². The van der Waals surface area contributed by atoms with Crippen LogP contribution in [0.1, 0.15) is 25.3 Å². The van der Waals surface area contributed by atoms with E-state index >= 15 is 0 Å². The first kappa shape index (κ1) is 20.6. The molecular formula is C20H26ClN3O4. The first-order valence-electron chi connectivity index (χ1n) is 9.55. The molecule has 1 aromatic carbocycles. The fraction of sp³-hybridized carbons (Fsp3) is 0.550. The Morgan fingerprint density at radius 2 is 1.96 bits per heavy atom. The minimum atomic E-state index is -0.748. The molecule has 2 aliphatic rings. The second kappa shape index (κ2) is 8.49. The van der Waals surface area contributed by atoms with Crippen molar-refractivity contribution in [2.24, 2.45) is 5.41 Å². The average molecular weight is 408 g/mol. The van der Waals surface area contributed by atoms with Crippen LogP contribution in [0.2, 0.25) is 5.02 Å². The number of aliphatic hydroxyl groups excluding tert-OH is 1. The molecular weight excluding hydrogens is 382 g/mol. The lowest BCUT2D eigenvalue weighted by Crippen LogP contribution is -2.67. The number of halogens is 1. The van der Waals surface area contributed by atoms with Gasteiger partial charge in [0.05, 0.1) is 18.6 Å². The Labute approximate surface area is 169 Å². The number of amides is 3. The molecule has 2 heterocycles. The second-order valence-corrected chi connectivity index (χ2v) is 8.25. The number of carbonyl (C=O) groups excluding carboxylic acids is 3. The zero-order chi connectivity index (χ0) is 20.3. The van der Waals surface area contributed by atoms with E-state index in [4.69, 9.17) is 11.6 Å². The summed E-state index contributed by atoms with van der Waals surface area (Å²) in [7, 11) is 0. The van der Waals surface area contributed by atoms with Gasteiger partial charge in [-0.05, 0) is 37.5 Å². The van der Waals surface area contributed by atoms with Gasteiger partial charge in [0.1, 0.15) is 0 Å². The minimum Gasteiger partial charge on any atom is -0.394 e. The van der Waals surface area contributed by atoms with Gasteiger partial charge in [0, 0.05) is 37.1 Å². The highest BCUT2D eigenvalue weighted by molar-refractivity contribution is 6.30. The number of hydrogen-bond acceptors (Lipinski definition) is 4. The summed E-state index contributed by atoms with van der Waals surface area (Å²) in [6.07, 6.45) is 1.75. The fourth-order valence-corrected chi connectivity index (χ4v) is 3.87. The van der Waals surface area contributed by atoms with Gasteiger partial charge in [0.2, 0.25) is 17.7 Å². The van der Waals surface area contributed by atoms with E-state index in [9.17, 15) is 19.5 Å². The van der Waals surface area contributed by atoms with Crippen molar-refractivity contribution in [2.45, 2.75) is 32.2 Å². The maximum Gasteiger partial charge on any atom is 0.242 e. The molecule has 1 unspecified atom stereocenters. The van der Waals surface area contributed by atoms with E-state index in [1.807, 2.05) is 12.1 Å². The van der Waals surface area contributed by atoms with Gasteiger partial charge < -0.3 is 20.2 Å². The summed E-state index contributed by atoms with van der Waals surface area (Å²) in [5.74, 6) is -0.300. The Morgan fingerprint density at radius 1 is 1.29 bits per heavy atom. The summed E-state index contributed by atoms with van der Waals surface area (Å²) in [6, 6.07) is 6.95. The molecule has 28 heavy (non-hydrogen) atoms. The molecule has 152 valence electrons. The highest BCUT2D eigenvalue weighted by Gasteiger charge is 2.51. The molecule has 2 fully saturated rings. The van der Waals surface area contributed by atoms with Gasteiger partial charge in [0.15, 0.2) is 0 Å². The molecule has 2 aliphatic heterocycles. The van der Waals surface area contributed by atoms with Gasteiger partial charge in [-0.15, -0.1) is 0 Å². The van der Waals surface area contributed by atoms with Crippen molar-refractivity contribution in [3.05, 3.63) is 34.9 Å². The molecule has 3 rings (SSSR count). The molecule has 3 amide bonds. The van der Waals surface area contributed by atoms with E-state index < -0.39 is 5.41 Å². The summed E-state index contributed by atoms with van der Waals surface area (Å²) in [4.78, 5) is 40.4. The number of nitrogens with zero attached hydrogens (tertiary/aromatic N) is 2. The maximum absolute atomic E-state index is 12.9. The number of carbonyl (C=O) groups is 3. The molecule has 1 aromatic rings. The van der Waals surface area contributed by atoms with Crippen LogP contribution in [0.25, 0.3) is 0 Å². The van der Waals surface area contributed by atoms with E-state index in [1.54, 1.807) is 28.9 Å². The van der Waals surface area contributed by atoms with Gasteiger partial charge in [-0.3, -0.25) is 14.4 Å². The molecule has 0 radical (unpaired) electrons. The number of hydrogen-bond donors (Lipinski definition) is 2. The molecule has 0 spiro atoms. The van der Waals surface area contributed by atoms with Crippen molar-refractivity contribution in [3.8, 4) is 0 Å². The van der Waals surface area contributed by atoms with Crippen molar-refractivity contribution in [2.75, 3.05) is 32.8 Å². The summed E-state index contributed by atoms with van der Waals surface area (Å²) >= 11 is 5.95. The SMILES string of the molecule is CC(CO)NC(=O)C1(Cc2ccc(Cl)cc2)CN(C(=O)CN2CCCC2=O)C1. The fourth-order valence-electron chi connectivity index (χ4n) is 3.75. The van der Waals surface area contributed by atoms with Gasteiger partial charge in [-0.2, -0.15) is 0 Å². The Morgan fingerprint density at radius 3 is 2.54 bits per heavy atom. The van der Waals surface area contributed by atoms with Crippen LogP contribution in [-0.4, -0.2) is 71.5 Å². The van der Waals surface area contributed by atoms with Gasteiger partial charge in [-0.1, -0.05) is 23.7 Å². The summed E-state index contributed by atoms with van der Waals surface area (Å²) in [6.45, 7) is 2.85. The topological polar surface area (TPSA) is 89.9 Å². The highest BCUT2D eigenvalue weighted by Crippen LogP contribution is 2.35. The van der Waals surface area contributed by atoms with E-state index in [0.29, 0.717) is 37.5 Å². The number of rotatable bonds is 7. The molecule has 2 saturated heterocycles. The zero-order valence-electron chi connectivity index (χ0n) is 16.0. The van der Waals surface area contributed by atoms with Crippen LogP contribution >= 0.6 is 11.6 Å². The number of benzene rings is 1. The van der Waals surface area contributed by atoms with E-state index in [1.165, 1.54) is 0 Å². The van der Waals surface area contributed by atoms with Gasteiger partial charge >= 0.3 is 0 Å².